The van der Waals surface area contributed by atoms with Gasteiger partial charge < -0.3 is 28.5 Å². The zero-order valence-electron chi connectivity index (χ0n) is 16.2. The van der Waals surface area contributed by atoms with Crippen LogP contribution in [-0.2, 0) is 39.9 Å². The standard InChI is InChI=1S/C20H25NO7/c1-4-23-18(22)14-10-13(21-28-14)15-16(24-11-12-8-6-5-7-9-12)17-19(25-15)27-20(2,3)26-17/h5-9,14-17,19H,4,10-11H2,1-3H3/t14?,15-,16+,17-,19-/m1/s1. The molecule has 5 atom stereocenters. The molecule has 0 aliphatic carbocycles. The topological polar surface area (TPSA) is 84.8 Å². The van der Waals surface area contributed by atoms with E-state index in [-0.39, 0.29) is 13.0 Å². The summed E-state index contributed by atoms with van der Waals surface area (Å²) in [5.74, 6) is -1.19. The molecule has 152 valence electrons. The molecule has 28 heavy (non-hydrogen) atoms. The molecule has 0 radical (unpaired) electrons. The number of benzene rings is 1. The van der Waals surface area contributed by atoms with Crippen LogP contribution in [0.15, 0.2) is 35.5 Å². The summed E-state index contributed by atoms with van der Waals surface area (Å²) >= 11 is 0. The Morgan fingerprint density at radius 3 is 2.79 bits per heavy atom. The zero-order chi connectivity index (χ0) is 19.7. The Morgan fingerprint density at radius 1 is 1.25 bits per heavy atom. The second-order valence-electron chi connectivity index (χ2n) is 7.42. The summed E-state index contributed by atoms with van der Waals surface area (Å²) in [7, 11) is 0. The van der Waals surface area contributed by atoms with Crippen LogP contribution in [0.25, 0.3) is 0 Å². The predicted molar refractivity (Wildman–Crippen MR) is 97.3 cm³/mol. The summed E-state index contributed by atoms with van der Waals surface area (Å²) in [6, 6.07) is 9.86. The Hall–Kier alpha value is -2.00. The Balaban J connectivity index is 1.47. The van der Waals surface area contributed by atoms with Gasteiger partial charge in [0.05, 0.1) is 18.9 Å². The quantitative estimate of drug-likeness (QED) is 0.687. The van der Waals surface area contributed by atoms with Crippen LogP contribution in [-0.4, -0.2) is 54.8 Å². The van der Waals surface area contributed by atoms with Gasteiger partial charge in [-0.25, -0.2) is 4.79 Å². The molecule has 2 saturated heterocycles. The van der Waals surface area contributed by atoms with Gasteiger partial charge in [0.15, 0.2) is 12.1 Å². The summed E-state index contributed by atoms with van der Waals surface area (Å²) in [6.45, 7) is 6.11. The highest BCUT2D eigenvalue weighted by Crippen LogP contribution is 2.40. The average Bonchev–Trinajstić information content (AvgIpc) is 3.33. The first-order valence-electron chi connectivity index (χ1n) is 9.52. The number of fused-ring (bicyclic) bond motifs is 1. The van der Waals surface area contributed by atoms with E-state index >= 15 is 0 Å². The minimum Gasteiger partial charge on any atom is -0.463 e. The lowest BCUT2D eigenvalue weighted by Gasteiger charge is -2.25. The van der Waals surface area contributed by atoms with Gasteiger partial charge in [0, 0.05) is 6.42 Å². The summed E-state index contributed by atoms with van der Waals surface area (Å²) < 4.78 is 29.1. The molecule has 3 aliphatic rings. The molecule has 0 saturated carbocycles. The minimum atomic E-state index is -0.757. The van der Waals surface area contributed by atoms with Crippen molar-refractivity contribution in [3.8, 4) is 0 Å². The van der Waals surface area contributed by atoms with Crippen LogP contribution >= 0.6 is 0 Å². The number of oxime groups is 1. The number of ether oxygens (including phenoxy) is 5. The highest BCUT2D eigenvalue weighted by Gasteiger charge is 2.57. The Labute approximate surface area is 163 Å². The maximum absolute atomic E-state index is 11.9. The van der Waals surface area contributed by atoms with E-state index < -0.39 is 42.5 Å². The summed E-state index contributed by atoms with van der Waals surface area (Å²) in [5, 5.41) is 4.07. The van der Waals surface area contributed by atoms with Gasteiger partial charge in [0.1, 0.15) is 18.3 Å². The lowest BCUT2D eigenvalue weighted by Crippen LogP contribution is -2.41. The molecule has 0 N–H and O–H groups in total. The van der Waals surface area contributed by atoms with Gasteiger partial charge in [-0.3, -0.25) is 0 Å². The van der Waals surface area contributed by atoms with Gasteiger partial charge in [-0.15, -0.1) is 0 Å². The van der Waals surface area contributed by atoms with E-state index in [1.54, 1.807) is 6.92 Å². The molecule has 0 amide bonds. The third-order valence-corrected chi connectivity index (χ3v) is 4.85. The third kappa shape index (κ3) is 3.91. The molecule has 8 heteroatoms. The van der Waals surface area contributed by atoms with Crippen molar-refractivity contribution in [2.24, 2.45) is 5.16 Å². The van der Waals surface area contributed by atoms with E-state index in [1.165, 1.54) is 0 Å². The smallest absolute Gasteiger partial charge is 0.350 e. The van der Waals surface area contributed by atoms with E-state index in [0.29, 0.717) is 12.3 Å². The number of carbonyl (C=O) groups excluding carboxylic acids is 1. The molecular weight excluding hydrogens is 366 g/mol. The Morgan fingerprint density at radius 2 is 2.04 bits per heavy atom. The van der Waals surface area contributed by atoms with Crippen molar-refractivity contribution in [3.63, 3.8) is 0 Å². The highest BCUT2D eigenvalue weighted by molar-refractivity contribution is 5.94. The molecular formula is C20H25NO7. The minimum absolute atomic E-state index is 0.289. The normalized spacial score (nSPS) is 33.2. The molecule has 4 rings (SSSR count). The van der Waals surface area contributed by atoms with E-state index in [1.807, 2.05) is 44.2 Å². The number of carbonyl (C=O) groups is 1. The fraction of sp³-hybridized carbons (Fsp3) is 0.600. The first kappa shape index (κ1) is 19.3. The molecule has 1 unspecified atom stereocenters. The summed E-state index contributed by atoms with van der Waals surface area (Å²) in [5.41, 5.74) is 1.63. The monoisotopic (exact) mass is 391 g/mol. The molecule has 1 aromatic rings. The van der Waals surface area contributed by atoms with E-state index in [9.17, 15) is 4.79 Å². The zero-order valence-corrected chi connectivity index (χ0v) is 16.2. The molecule has 0 bridgehead atoms. The number of nitrogens with zero attached hydrogens (tertiary/aromatic N) is 1. The number of esters is 1. The lowest BCUT2D eigenvalue weighted by atomic mass is 10.0. The molecule has 3 heterocycles. The molecule has 0 spiro atoms. The Bertz CT molecular complexity index is 735. The summed E-state index contributed by atoms with van der Waals surface area (Å²) in [6.07, 6.45) is -2.38. The maximum Gasteiger partial charge on any atom is 0.350 e. The number of hydrogen-bond acceptors (Lipinski definition) is 8. The number of hydrogen-bond donors (Lipinski definition) is 0. The van der Waals surface area contributed by atoms with Crippen molar-refractivity contribution in [1.29, 1.82) is 0 Å². The largest absolute Gasteiger partial charge is 0.463 e. The van der Waals surface area contributed by atoms with Crippen LogP contribution in [0.2, 0.25) is 0 Å². The van der Waals surface area contributed by atoms with Crippen LogP contribution in [0.1, 0.15) is 32.8 Å². The first-order valence-corrected chi connectivity index (χ1v) is 9.52. The van der Waals surface area contributed by atoms with Crippen LogP contribution < -0.4 is 0 Å². The van der Waals surface area contributed by atoms with Crippen LogP contribution in [0.3, 0.4) is 0 Å². The maximum atomic E-state index is 11.9. The average molecular weight is 391 g/mol. The fourth-order valence-electron chi connectivity index (χ4n) is 3.62. The van der Waals surface area contributed by atoms with Gasteiger partial charge >= 0.3 is 5.97 Å². The SMILES string of the molecule is CCOC(=O)C1CC([C@H]2O[C@@H]3OC(C)(C)O[C@@H]3[C@H]2OCc2ccccc2)=NO1. The third-order valence-electron chi connectivity index (χ3n) is 4.85. The van der Waals surface area contributed by atoms with E-state index in [0.717, 1.165) is 5.56 Å². The lowest BCUT2D eigenvalue weighted by molar-refractivity contribution is -0.210. The number of rotatable bonds is 6. The highest BCUT2D eigenvalue weighted by atomic mass is 16.8. The van der Waals surface area contributed by atoms with Crippen molar-refractivity contribution in [1.82, 2.24) is 0 Å². The van der Waals surface area contributed by atoms with Crippen LogP contribution in [0.4, 0.5) is 0 Å². The molecule has 0 aromatic heterocycles. The predicted octanol–water partition coefficient (Wildman–Crippen LogP) is 2.16. The van der Waals surface area contributed by atoms with Crippen molar-refractivity contribution in [2.45, 2.75) is 70.3 Å². The first-order chi connectivity index (χ1) is 13.5. The van der Waals surface area contributed by atoms with Crippen molar-refractivity contribution in [2.75, 3.05) is 6.61 Å². The molecule has 1 aromatic carbocycles. The van der Waals surface area contributed by atoms with Crippen LogP contribution in [0.5, 0.6) is 0 Å². The second-order valence-corrected chi connectivity index (χ2v) is 7.42. The molecule has 8 nitrogen and oxygen atoms in total. The van der Waals surface area contributed by atoms with Crippen LogP contribution in [0, 0.1) is 0 Å². The van der Waals surface area contributed by atoms with Gasteiger partial charge in [0.25, 0.3) is 0 Å². The van der Waals surface area contributed by atoms with Gasteiger partial charge in [-0.2, -0.15) is 0 Å². The second kappa shape index (κ2) is 7.79. The van der Waals surface area contributed by atoms with Crippen molar-refractivity contribution in [3.05, 3.63) is 35.9 Å². The summed E-state index contributed by atoms with van der Waals surface area (Å²) in [4.78, 5) is 17.2. The van der Waals surface area contributed by atoms with E-state index in [2.05, 4.69) is 5.16 Å². The van der Waals surface area contributed by atoms with E-state index in [4.69, 9.17) is 28.5 Å². The van der Waals surface area contributed by atoms with Crippen molar-refractivity contribution >= 4 is 11.7 Å². The van der Waals surface area contributed by atoms with Gasteiger partial charge in [-0.1, -0.05) is 35.5 Å². The van der Waals surface area contributed by atoms with Gasteiger partial charge in [-0.05, 0) is 26.3 Å². The Kier molecular flexibility index (Phi) is 5.37. The fourth-order valence-corrected chi connectivity index (χ4v) is 3.62. The molecule has 3 aliphatic heterocycles. The molecule has 2 fully saturated rings. The van der Waals surface area contributed by atoms with Crippen molar-refractivity contribution < 1.29 is 33.3 Å². The van der Waals surface area contributed by atoms with Gasteiger partial charge in [0.2, 0.25) is 6.10 Å².